The lowest BCUT2D eigenvalue weighted by Gasteiger charge is -2.33. The Morgan fingerprint density at radius 2 is 2.04 bits per heavy atom. The molecule has 6 heteroatoms. The van der Waals surface area contributed by atoms with Crippen molar-refractivity contribution in [2.75, 3.05) is 31.1 Å². The van der Waals surface area contributed by atoms with Crippen molar-refractivity contribution in [2.24, 2.45) is 0 Å². The van der Waals surface area contributed by atoms with Crippen LogP contribution < -0.4 is 14.8 Å². The number of H-pyrrole nitrogens is 1. The van der Waals surface area contributed by atoms with Crippen LogP contribution in [0.2, 0.25) is 5.02 Å². The minimum absolute atomic E-state index is 0.305. The molecule has 0 atom stereocenters. The molecule has 3 N–H and O–H groups in total. The SMILES string of the molecule is Oc1c(C[NH+]2CCN(c3ccccn3)CC2)cc(Cl)c2ccc[nH+]c12. The number of anilines is 1. The van der Waals surface area contributed by atoms with Crippen molar-refractivity contribution in [3.05, 3.63) is 59.4 Å². The van der Waals surface area contributed by atoms with Crippen molar-refractivity contribution >= 4 is 28.3 Å². The Morgan fingerprint density at radius 3 is 2.80 bits per heavy atom. The maximum atomic E-state index is 10.6. The van der Waals surface area contributed by atoms with Crippen LogP contribution in [0, 0.1) is 0 Å². The normalized spacial score (nSPS) is 15.6. The number of halogens is 1. The Kier molecular flexibility index (Phi) is 4.42. The molecule has 25 heavy (non-hydrogen) atoms. The monoisotopic (exact) mass is 356 g/mol. The number of nitrogens with zero attached hydrogens (tertiary/aromatic N) is 2. The van der Waals surface area contributed by atoms with Crippen LogP contribution in [-0.4, -0.2) is 36.3 Å². The van der Waals surface area contributed by atoms with Crippen molar-refractivity contribution in [1.29, 1.82) is 0 Å². The molecular weight excluding hydrogens is 336 g/mol. The average molecular weight is 357 g/mol. The Labute approximate surface area is 151 Å². The number of benzene rings is 1. The van der Waals surface area contributed by atoms with E-state index in [1.54, 1.807) is 6.20 Å². The van der Waals surface area contributed by atoms with Gasteiger partial charge in [0.1, 0.15) is 12.4 Å². The smallest absolute Gasteiger partial charge is 0.255 e. The fourth-order valence-electron chi connectivity index (χ4n) is 3.47. The fraction of sp³-hybridized carbons (Fsp3) is 0.263. The first kappa shape index (κ1) is 16.1. The van der Waals surface area contributed by atoms with Gasteiger partial charge in [0, 0.05) is 12.3 Å². The standard InChI is InChI=1S/C19H19ClN4O/c20-16-12-14(19(25)18-15(16)4-3-7-22-18)13-23-8-10-24(11-9-23)17-5-1-2-6-21-17/h1-7,12,25H,8-11,13H2/p+2. The highest BCUT2D eigenvalue weighted by Gasteiger charge is 2.24. The Bertz CT molecular complexity index is 879. The van der Waals surface area contributed by atoms with Crippen molar-refractivity contribution in [3.63, 3.8) is 0 Å². The number of nitrogens with one attached hydrogen (secondary N) is 2. The van der Waals surface area contributed by atoms with Gasteiger partial charge in [-0.3, -0.25) is 0 Å². The van der Waals surface area contributed by atoms with E-state index in [1.165, 1.54) is 4.90 Å². The first-order valence-corrected chi connectivity index (χ1v) is 8.90. The highest BCUT2D eigenvalue weighted by Crippen LogP contribution is 2.31. The second kappa shape index (κ2) is 6.86. The molecule has 0 saturated carbocycles. The van der Waals surface area contributed by atoms with Gasteiger partial charge >= 0.3 is 0 Å². The van der Waals surface area contributed by atoms with Crippen molar-refractivity contribution in [1.82, 2.24) is 4.98 Å². The van der Waals surface area contributed by atoms with Crippen LogP contribution in [0.25, 0.3) is 10.9 Å². The molecule has 0 unspecified atom stereocenters. The highest BCUT2D eigenvalue weighted by atomic mass is 35.5. The largest absolute Gasteiger partial charge is 0.502 e. The number of phenols is 1. The summed E-state index contributed by atoms with van der Waals surface area (Å²) in [5.74, 6) is 1.34. The van der Waals surface area contributed by atoms with Gasteiger partial charge in [-0.15, -0.1) is 0 Å². The zero-order valence-corrected chi connectivity index (χ0v) is 14.6. The van der Waals surface area contributed by atoms with Crippen LogP contribution in [0.4, 0.5) is 5.82 Å². The summed E-state index contributed by atoms with van der Waals surface area (Å²) < 4.78 is 0. The van der Waals surface area contributed by atoms with Gasteiger partial charge in [-0.05, 0) is 24.3 Å². The van der Waals surface area contributed by atoms with E-state index in [0.29, 0.717) is 16.3 Å². The molecule has 1 aliphatic rings. The van der Waals surface area contributed by atoms with E-state index >= 15 is 0 Å². The zero-order valence-electron chi connectivity index (χ0n) is 13.9. The Morgan fingerprint density at radius 1 is 1.20 bits per heavy atom. The van der Waals surface area contributed by atoms with E-state index in [9.17, 15) is 5.11 Å². The van der Waals surface area contributed by atoms with Crippen LogP contribution in [0.15, 0.2) is 48.8 Å². The molecule has 5 nitrogen and oxygen atoms in total. The highest BCUT2D eigenvalue weighted by molar-refractivity contribution is 6.35. The van der Waals surface area contributed by atoms with E-state index in [4.69, 9.17) is 11.6 Å². The van der Waals surface area contributed by atoms with Crippen molar-refractivity contribution < 1.29 is 15.0 Å². The number of fused-ring (bicyclic) bond motifs is 1. The van der Waals surface area contributed by atoms with Gasteiger partial charge in [-0.2, -0.15) is 0 Å². The van der Waals surface area contributed by atoms with E-state index < -0.39 is 0 Å². The van der Waals surface area contributed by atoms with E-state index in [1.807, 2.05) is 36.5 Å². The molecule has 1 aliphatic heterocycles. The summed E-state index contributed by atoms with van der Waals surface area (Å²) >= 11 is 6.40. The number of rotatable bonds is 3. The summed E-state index contributed by atoms with van der Waals surface area (Å²) in [6.07, 6.45) is 3.64. The van der Waals surface area contributed by atoms with Gasteiger partial charge in [-0.1, -0.05) is 17.7 Å². The molecule has 0 spiro atoms. The topological polar surface area (TPSA) is 54.9 Å². The number of aromatic nitrogens is 2. The lowest BCUT2D eigenvalue weighted by molar-refractivity contribution is -0.914. The molecule has 0 amide bonds. The third-order valence-corrected chi connectivity index (χ3v) is 5.15. The van der Waals surface area contributed by atoms with E-state index in [-0.39, 0.29) is 0 Å². The maximum absolute atomic E-state index is 10.6. The van der Waals surface area contributed by atoms with Crippen molar-refractivity contribution in [2.45, 2.75) is 6.54 Å². The fourth-order valence-corrected chi connectivity index (χ4v) is 3.75. The Balaban J connectivity index is 1.49. The Hall–Kier alpha value is -2.37. The zero-order chi connectivity index (χ0) is 17.2. The van der Waals surface area contributed by atoms with Crippen LogP contribution in [-0.2, 0) is 6.54 Å². The molecule has 128 valence electrons. The number of aromatic amines is 1. The molecule has 3 heterocycles. The summed E-state index contributed by atoms with van der Waals surface area (Å²) in [4.78, 5) is 11.3. The van der Waals surface area contributed by atoms with Gasteiger partial charge < -0.3 is 14.9 Å². The second-order valence-electron chi connectivity index (χ2n) is 6.43. The summed E-state index contributed by atoms with van der Waals surface area (Å²) in [7, 11) is 0. The second-order valence-corrected chi connectivity index (χ2v) is 6.83. The molecule has 1 aromatic carbocycles. The number of phenolic OH excluding ortho intramolecular Hbond substituents is 1. The summed E-state index contributed by atoms with van der Waals surface area (Å²) in [6, 6.07) is 11.7. The van der Waals surface area contributed by atoms with Crippen LogP contribution >= 0.6 is 11.6 Å². The maximum Gasteiger partial charge on any atom is 0.255 e. The number of aromatic hydroxyl groups is 1. The van der Waals surface area contributed by atoms with Gasteiger partial charge in [0.25, 0.3) is 5.52 Å². The number of hydrogen-bond acceptors (Lipinski definition) is 3. The summed E-state index contributed by atoms with van der Waals surface area (Å²) in [5, 5.41) is 12.1. The first-order valence-electron chi connectivity index (χ1n) is 8.52. The quantitative estimate of drug-likeness (QED) is 0.744. The minimum Gasteiger partial charge on any atom is -0.502 e. The third kappa shape index (κ3) is 3.25. The number of quaternary nitrogens is 1. The minimum atomic E-state index is 0.305. The molecule has 0 radical (unpaired) electrons. The molecule has 3 aromatic rings. The number of pyridine rings is 2. The van der Waals surface area contributed by atoms with Crippen LogP contribution in [0.1, 0.15) is 5.56 Å². The summed E-state index contributed by atoms with van der Waals surface area (Å²) in [6.45, 7) is 4.69. The molecular formula is C19H21ClN4O+2. The van der Waals surface area contributed by atoms with Gasteiger partial charge in [0.15, 0.2) is 11.9 Å². The molecule has 2 aromatic heterocycles. The van der Waals surface area contributed by atoms with Gasteiger partial charge in [-0.25, -0.2) is 9.97 Å². The molecule has 0 aliphatic carbocycles. The van der Waals surface area contributed by atoms with Crippen LogP contribution in [0.3, 0.4) is 0 Å². The predicted molar refractivity (Wildman–Crippen MR) is 98.0 cm³/mol. The van der Waals surface area contributed by atoms with Gasteiger partial charge in [0.2, 0.25) is 0 Å². The predicted octanol–water partition coefficient (Wildman–Crippen LogP) is 1.31. The van der Waals surface area contributed by atoms with E-state index in [0.717, 1.165) is 49.5 Å². The van der Waals surface area contributed by atoms with Crippen molar-refractivity contribution in [3.8, 4) is 5.75 Å². The molecule has 0 bridgehead atoms. The first-order chi connectivity index (χ1) is 12.2. The number of piperazine rings is 1. The van der Waals surface area contributed by atoms with E-state index in [2.05, 4.69) is 20.9 Å². The average Bonchev–Trinajstić information content (AvgIpc) is 2.67. The molecule has 4 rings (SSSR count). The van der Waals surface area contributed by atoms with Crippen LogP contribution in [0.5, 0.6) is 5.75 Å². The lowest BCUT2D eigenvalue weighted by atomic mass is 10.1. The summed E-state index contributed by atoms with van der Waals surface area (Å²) in [5.41, 5.74) is 1.60. The molecule has 1 saturated heterocycles. The van der Waals surface area contributed by atoms with Gasteiger partial charge in [0.05, 0.1) is 42.2 Å². The third-order valence-electron chi connectivity index (χ3n) is 4.84. The number of hydrogen-bond donors (Lipinski definition) is 2. The molecule has 1 fully saturated rings. The lowest BCUT2D eigenvalue weighted by Crippen LogP contribution is -3.13.